The largest absolute Gasteiger partial charge is 0.490 e. The number of carbonyl (C=O) groups is 1. The molecule has 0 aromatic carbocycles. The summed E-state index contributed by atoms with van der Waals surface area (Å²) in [5.41, 5.74) is -0.436. The van der Waals surface area contributed by atoms with Crippen molar-refractivity contribution in [1.82, 2.24) is 0 Å². The Morgan fingerprint density at radius 2 is 2.06 bits per heavy atom. The molecule has 0 bridgehead atoms. The van der Waals surface area contributed by atoms with Crippen LogP contribution in [0.25, 0.3) is 11.3 Å². The molecule has 2 rings (SSSR count). The van der Waals surface area contributed by atoms with Crippen LogP contribution in [0.2, 0.25) is 0 Å². The molecule has 0 saturated carbocycles. The molecule has 0 radical (unpaired) electrons. The second-order valence-electron chi connectivity index (χ2n) is 3.51. The van der Waals surface area contributed by atoms with Gasteiger partial charge in [-0.2, -0.15) is 0 Å². The van der Waals surface area contributed by atoms with Crippen LogP contribution < -0.4 is 10.4 Å². The fraction of sp³-hybridized carbons (Fsp3) is 0.231. The van der Waals surface area contributed by atoms with Gasteiger partial charge in [-0.3, -0.25) is 0 Å². The summed E-state index contributed by atoms with van der Waals surface area (Å²) in [4.78, 5) is 23.2. The van der Waals surface area contributed by atoms with E-state index >= 15 is 0 Å². The van der Waals surface area contributed by atoms with Crippen LogP contribution >= 0.6 is 0 Å². The Labute approximate surface area is 103 Å². The first kappa shape index (κ1) is 12.2. The van der Waals surface area contributed by atoms with Gasteiger partial charge in [-0.25, -0.2) is 9.59 Å². The molecule has 18 heavy (non-hydrogen) atoms. The lowest BCUT2D eigenvalue weighted by Gasteiger charge is -2.02. The Kier molecular flexibility index (Phi) is 3.32. The monoisotopic (exact) mass is 248 g/mol. The van der Waals surface area contributed by atoms with Crippen molar-refractivity contribution in [1.29, 1.82) is 0 Å². The van der Waals surface area contributed by atoms with Gasteiger partial charge in [0.25, 0.3) is 0 Å². The Bertz CT molecular complexity index is 599. The van der Waals surface area contributed by atoms with Gasteiger partial charge in [0.1, 0.15) is 0 Å². The highest BCUT2D eigenvalue weighted by Crippen LogP contribution is 2.32. The Morgan fingerprint density at radius 3 is 2.72 bits per heavy atom. The van der Waals surface area contributed by atoms with Crippen molar-refractivity contribution in [2.24, 2.45) is 0 Å². The quantitative estimate of drug-likeness (QED) is 0.776. The maximum atomic E-state index is 11.7. The highest BCUT2D eigenvalue weighted by Gasteiger charge is 2.26. The Hall–Kier alpha value is -2.30. The van der Waals surface area contributed by atoms with Crippen LogP contribution in [0, 0.1) is 0 Å². The SMILES string of the molecule is CCOc1ccccc2c(C(=O)OC)c(=O)oc1-2. The molecule has 0 spiro atoms. The topological polar surface area (TPSA) is 65.7 Å². The number of hydrogen-bond acceptors (Lipinski definition) is 5. The number of rotatable bonds is 3. The van der Waals surface area contributed by atoms with Crippen LogP contribution in [0.1, 0.15) is 17.3 Å². The van der Waals surface area contributed by atoms with Gasteiger partial charge in [-0.15, -0.1) is 0 Å². The van der Waals surface area contributed by atoms with E-state index < -0.39 is 11.6 Å². The zero-order valence-corrected chi connectivity index (χ0v) is 10.1. The Balaban J connectivity index is 2.69. The van der Waals surface area contributed by atoms with Crippen LogP contribution in [0.4, 0.5) is 0 Å². The van der Waals surface area contributed by atoms with Crippen molar-refractivity contribution in [3.8, 4) is 17.1 Å². The predicted molar refractivity (Wildman–Crippen MR) is 64.1 cm³/mol. The fourth-order valence-corrected chi connectivity index (χ4v) is 1.70. The summed E-state index contributed by atoms with van der Waals surface area (Å²) in [5.74, 6) is -0.0376. The molecule has 1 heterocycles. The minimum atomic E-state index is -0.719. The van der Waals surface area contributed by atoms with E-state index in [1.165, 1.54) is 7.11 Å². The molecule has 0 amide bonds. The average Bonchev–Trinajstić information content (AvgIpc) is 2.57. The molecule has 0 atom stereocenters. The van der Waals surface area contributed by atoms with Gasteiger partial charge in [0, 0.05) is 5.56 Å². The summed E-state index contributed by atoms with van der Waals surface area (Å²) >= 11 is 0. The van der Waals surface area contributed by atoms with E-state index in [0.29, 0.717) is 17.9 Å². The summed E-state index contributed by atoms with van der Waals surface area (Å²) < 4.78 is 15.0. The minimum Gasteiger partial charge on any atom is -0.490 e. The number of esters is 1. The van der Waals surface area contributed by atoms with Crippen molar-refractivity contribution >= 4 is 5.97 Å². The van der Waals surface area contributed by atoms with Gasteiger partial charge in [0.05, 0.1) is 13.7 Å². The lowest BCUT2D eigenvalue weighted by Crippen LogP contribution is -2.11. The standard InChI is InChI=1S/C13H12O5/c1-3-17-9-7-5-4-6-8-10(12(14)16-2)13(15)18-11(8)9/h4-7H,3H2,1-2H3. The van der Waals surface area contributed by atoms with Crippen LogP contribution in [0.3, 0.4) is 0 Å². The molecule has 2 aliphatic rings. The van der Waals surface area contributed by atoms with Crippen molar-refractivity contribution in [3.05, 3.63) is 40.2 Å². The molecular weight excluding hydrogens is 236 g/mol. The predicted octanol–water partition coefficient (Wildman–Crippen LogP) is 1.93. The first-order valence-corrected chi connectivity index (χ1v) is 5.46. The zero-order valence-electron chi connectivity index (χ0n) is 10.1. The third-order valence-corrected chi connectivity index (χ3v) is 2.45. The molecule has 94 valence electrons. The van der Waals surface area contributed by atoms with Crippen LogP contribution in [-0.2, 0) is 4.74 Å². The van der Waals surface area contributed by atoms with E-state index in [9.17, 15) is 9.59 Å². The van der Waals surface area contributed by atoms with Gasteiger partial charge in [0.2, 0.25) is 0 Å². The Morgan fingerprint density at radius 1 is 1.33 bits per heavy atom. The van der Waals surface area contributed by atoms with E-state index in [1.807, 2.05) is 6.92 Å². The minimum absolute atomic E-state index is 0.107. The number of fused-ring (bicyclic) bond motifs is 1. The molecule has 5 nitrogen and oxygen atoms in total. The van der Waals surface area contributed by atoms with Gasteiger partial charge >= 0.3 is 11.6 Å². The second kappa shape index (κ2) is 4.91. The highest BCUT2D eigenvalue weighted by atomic mass is 16.5. The van der Waals surface area contributed by atoms with Gasteiger partial charge < -0.3 is 13.9 Å². The first-order valence-electron chi connectivity index (χ1n) is 5.46. The van der Waals surface area contributed by atoms with Crippen LogP contribution in [0.5, 0.6) is 5.75 Å². The van der Waals surface area contributed by atoms with Gasteiger partial charge in [-0.1, -0.05) is 12.1 Å². The third kappa shape index (κ3) is 1.95. The summed E-state index contributed by atoms with van der Waals surface area (Å²) in [6.45, 7) is 2.25. The van der Waals surface area contributed by atoms with Crippen molar-refractivity contribution in [2.45, 2.75) is 6.92 Å². The first-order chi connectivity index (χ1) is 8.69. The lowest BCUT2D eigenvalue weighted by molar-refractivity contribution is 0.0599. The molecule has 0 unspecified atom stereocenters. The highest BCUT2D eigenvalue weighted by molar-refractivity contribution is 5.97. The smallest absolute Gasteiger partial charge is 0.351 e. The second-order valence-corrected chi connectivity index (χ2v) is 3.51. The average molecular weight is 248 g/mol. The van der Waals surface area contributed by atoms with E-state index in [4.69, 9.17) is 9.15 Å². The van der Waals surface area contributed by atoms with Gasteiger partial charge in [0.15, 0.2) is 17.1 Å². The molecule has 0 fully saturated rings. The number of methoxy groups -OCH3 is 1. The zero-order chi connectivity index (χ0) is 13.1. The van der Waals surface area contributed by atoms with Crippen LogP contribution in [0.15, 0.2) is 33.5 Å². The molecule has 1 aliphatic carbocycles. The molecule has 0 aromatic heterocycles. The number of carbonyl (C=O) groups excluding carboxylic acids is 1. The summed E-state index contributed by atoms with van der Waals surface area (Å²) in [6.07, 6.45) is 0. The van der Waals surface area contributed by atoms with Crippen molar-refractivity contribution in [3.63, 3.8) is 0 Å². The number of ether oxygens (including phenoxy) is 2. The normalized spacial score (nSPS) is 10.3. The molecule has 0 N–H and O–H groups in total. The maximum absolute atomic E-state index is 11.7. The van der Waals surface area contributed by atoms with Gasteiger partial charge in [-0.05, 0) is 19.1 Å². The summed E-state index contributed by atoms with van der Waals surface area (Å²) in [7, 11) is 1.22. The lowest BCUT2D eigenvalue weighted by atomic mass is 10.1. The molecule has 0 saturated heterocycles. The maximum Gasteiger partial charge on any atom is 0.351 e. The molecule has 1 aliphatic heterocycles. The van der Waals surface area contributed by atoms with E-state index in [2.05, 4.69) is 4.74 Å². The van der Waals surface area contributed by atoms with E-state index in [-0.39, 0.29) is 11.3 Å². The van der Waals surface area contributed by atoms with E-state index in [0.717, 1.165) is 0 Å². The van der Waals surface area contributed by atoms with Crippen LogP contribution in [-0.4, -0.2) is 19.7 Å². The fourth-order valence-electron chi connectivity index (χ4n) is 1.70. The molecule has 0 aromatic rings. The number of hydrogen-bond donors (Lipinski definition) is 0. The summed E-state index contributed by atoms with van der Waals surface area (Å²) in [5, 5.41) is 0. The van der Waals surface area contributed by atoms with Crippen molar-refractivity contribution in [2.75, 3.05) is 13.7 Å². The van der Waals surface area contributed by atoms with Crippen molar-refractivity contribution < 1.29 is 18.7 Å². The molecular formula is C13H12O5. The van der Waals surface area contributed by atoms with E-state index in [1.54, 1.807) is 24.3 Å². The molecule has 5 heteroatoms. The third-order valence-electron chi connectivity index (χ3n) is 2.45. The summed E-state index contributed by atoms with van der Waals surface area (Å²) in [6, 6.07) is 6.74. The number of furan rings is 1.